The number of hydrogen-bond donors (Lipinski definition) is 1. The number of amides is 1. The number of rotatable bonds is 6. The van der Waals surface area contributed by atoms with Crippen molar-refractivity contribution in [1.82, 2.24) is 20.1 Å². The molecule has 1 fully saturated rings. The lowest BCUT2D eigenvalue weighted by Gasteiger charge is -2.32. The maximum absolute atomic E-state index is 12.8. The number of pyridine rings is 1. The summed E-state index contributed by atoms with van der Waals surface area (Å²) >= 11 is 1.48. The molecular formula is C25H27N5O2S. The summed E-state index contributed by atoms with van der Waals surface area (Å²) in [5, 5.41) is 8.73. The Morgan fingerprint density at radius 2 is 2.06 bits per heavy atom. The Balaban J connectivity index is 1.24. The van der Waals surface area contributed by atoms with Crippen LogP contribution in [-0.2, 0) is 17.8 Å². The standard InChI is InChI=1S/C25H27N5O2S/c1-17-15-29(10-11-32-17)23-9-8-20(13-26-23)14-27-24(31)22-12-21-18(2)28-30(25(21)33-22)16-19-6-4-3-5-7-19/h3-9,12-13,17H,10-11,14-16H2,1-2H3,(H,27,31). The van der Waals surface area contributed by atoms with Crippen LogP contribution in [0.3, 0.4) is 0 Å². The Morgan fingerprint density at radius 3 is 2.82 bits per heavy atom. The Morgan fingerprint density at radius 1 is 1.21 bits per heavy atom. The molecule has 0 radical (unpaired) electrons. The first-order chi connectivity index (χ1) is 16.1. The van der Waals surface area contributed by atoms with Gasteiger partial charge >= 0.3 is 0 Å². The number of carbonyl (C=O) groups is 1. The van der Waals surface area contributed by atoms with Gasteiger partial charge in [-0.1, -0.05) is 36.4 Å². The van der Waals surface area contributed by atoms with Crippen molar-refractivity contribution in [2.24, 2.45) is 0 Å². The largest absolute Gasteiger partial charge is 0.375 e. The van der Waals surface area contributed by atoms with Gasteiger partial charge < -0.3 is 15.0 Å². The van der Waals surface area contributed by atoms with E-state index in [0.29, 0.717) is 18.0 Å². The van der Waals surface area contributed by atoms with Gasteiger partial charge in [-0.15, -0.1) is 11.3 Å². The summed E-state index contributed by atoms with van der Waals surface area (Å²) in [7, 11) is 0. The van der Waals surface area contributed by atoms with E-state index in [-0.39, 0.29) is 12.0 Å². The number of aryl methyl sites for hydroxylation is 1. The monoisotopic (exact) mass is 461 g/mol. The highest BCUT2D eigenvalue weighted by Gasteiger charge is 2.18. The van der Waals surface area contributed by atoms with Crippen molar-refractivity contribution >= 4 is 33.3 Å². The van der Waals surface area contributed by atoms with Crippen molar-refractivity contribution in [2.75, 3.05) is 24.6 Å². The van der Waals surface area contributed by atoms with Gasteiger partial charge in [0.2, 0.25) is 0 Å². The van der Waals surface area contributed by atoms with Gasteiger partial charge in [-0.25, -0.2) is 4.98 Å². The summed E-state index contributed by atoms with van der Waals surface area (Å²) in [4.78, 5) is 21.4. The zero-order chi connectivity index (χ0) is 22.8. The Kier molecular flexibility index (Phi) is 6.11. The molecule has 0 saturated carbocycles. The normalized spacial score (nSPS) is 16.3. The molecule has 1 atom stereocenters. The Labute approximate surface area is 197 Å². The van der Waals surface area contributed by atoms with Crippen molar-refractivity contribution in [2.45, 2.75) is 33.0 Å². The van der Waals surface area contributed by atoms with Crippen LogP contribution in [0.2, 0.25) is 0 Å². The molecule has 1 aliphatic rings. The summed E-state index contributed by atoms with van der Waals surface area (Å²) in [6.45, 7) is 7.60. The predicted octanol–water partition coefficient (Wildman–Crippen LogP) is 4.00. The van der Waals surface area contributed by atoms with Crippen molar-refractivity contribution in [3.63, 3.8) is 0 Å². The fourth-order valence-corrected chi connectivity index (χ4v) is 5.17. The molecular weight excluding hydrogens is 434 g/mol. The number of benzene rings is 1. The lowest BCUT2D eigenvalue weighted by molar-refractivity contribution is 0.0529. The SMILES string of the molecule is Cc1nn(Cc2ccccc2)c2sc(C(=O)NCc3ccc(N4CCOC(C)C4)nc3)cc12. The van der Waals surface area contributed by atoms with Crippen molar-refractivity contribution in [3.8, 4) is 0 Å². The number of fused-ring (bicyclic) bond motifs is 1. The van der Waals surface area contributed by atoms with Crippen LogP contribution in [0.5, 0.6) is 0 Å². The van der Waals surface area contributed by atoms with E-state index in [4.69, 9.17) is 4.74 Å². The molecule has 0 bridgehead atoms. The summed E-state index contributed by atoms with van der Waals surface area (Å²) < 4.78 is 7.58. The Hall–Kier alpha value is -3.23. The van der Waals surface area contributed by atoms with E-state index in [1.807, 2.05) is 54.2 Å². The fourth-order valence-electron chi connectivity index (χ4n) is 4.09. The third-order valence-corrected chi connectivity index (χ3v) is 6.98. The van der Waals surface area contributed by atoms with E-state index >= 15 is 0 Å². The number of nitrogens with zero attached hydrogens (tertiary/aromatic N) is 4. The molecule has 5 rings (SSSR count). The number of hydrogen-bond acceptors (Lipinski definition) is 6. The van der Waals surface area contributed by atoms with Gasteiger partial charge in [-0.2, -0.15) is 5.10 Å². The van der Waals surface area contributed by atoms with Crippen LogP contribution in [0, 0.1) is 6.92 Å². The molecule has 1 amide bonds. The molecule has 1 saturated heterocycles. The average Bonchev–Trinajstić information content (AvgIpc) is 3.40. The van der Waals surface area contributed by atoms with Crippen molar-refractivity contribution in [1.29, 1.82) is 0 Å². The molecule has 1 N–H and O–H groups in total. The van der Waals surface area contributed by atoms with Crippen LogP contribution >= 0.6 is 11.3 Å². The topological polar surface area (TPSA) is 72.3 Å². The molecule has 0 aliphatic carbocycles. The van der Waals surface area contributed by atoms with Crippen LogP contribution in [0.15, 0.2) is 54.7 Å². The van der Waals surface area contributed by atoms with Gasteiger partial charge in [0.25, 0.3) is 5.91 Å². The maximum atomic E-state index is 12.8. The lowest BCUT2D eigenvalue weighted by atomic mass is 10.2. The summed E-state index contributed by atoms with van der Waals surface area (Å²) in [6.07, 6.45) is 2.05. The van der Waals surface area contributed by atoms with Crippen LogP contribution in [0.1, 0.15) is 33.4 Å². The van der Waals surface area contributed by atoms with E-state index in [9.17, 15) is 4.79 Å². The lowest BCUT2D eigenvalue weighted by Crippen LogP contribution is -2.41. The second kappa shape index (κ2) is 9.33. The first kappa shape index (κ1) is 21.6. The highest BCUT2D eigenvalue weighted by Crippen LogP contribution is 2.29. The summed E-state index contributed by atoms with van der Waals surface area (Å²) in [5.41, 5.74) is 3.10. The van der Waals surface area contributed by atoms with Crippen molar-refractivity contribution < 1.29 is 9.53 Å². The Bertz CT molecular complexity index is 1250. The third kappa shape index (κ3) is 4.77. The van der Waals surface area contributed by atoms with Crippen LogP contribution in [0.25, 0.3) is 10.2 Å². The quantitative estimate of drug-likeness (QED) is 0.470. The minimum atomic E-state index is -0.0760. The molecule has 8 heteroatoms. The number of ether oxygens (including phenoxy) is 1. The predicted molar refractivity (Wildman–Crippen MR) is 131 cm³/mol. The van der Waals surface area contributed by atoms with Gasteiger partial charge in [-0.05, 0) is 37.1 Å². The summed E-state index contributed by atoms with van der Waals surface area (Å²) in [6, 6.07) is 16.2. The first-order valence-corrected chi connectivity index (χ1v) is 12.0. The van der Waals surface area contributed by atoms with E-state index in [1.54, 1.807) is 0 Å². The van der Waals surface area contributed by atoms with E-state index < -0.39 is 0 Å². The molecule has 33 heavy (non-hydrogen) atoms. The van der Waals surface area contributed by atoms with E-state index in [2.05, 4.69) is 39.4 Å². The van der Waals surface area contributed by atoms with Gasteiger partial charge in [0.15, 0.2) is 0 Å². The molecule has 7 nitrogen and oxygen atoms in total. The zero-order valence-electron chi connectivity index (χ0n) is 18.8. The second-order valence-electron chi connectivity index (χ2n) is 8.39. The first-order valence-electron chi connectivity index (χ1n) is 11.2. The number of thiophene rings is 1. The molecule has 0 spiro atoms. The smallest absolute Gasteiger partial charge is 0.261 e. The maximum Gasteiger partial charge on any atom is 0.261 e. The molecule has 3 aromatic heterocycles. The second-order valence-corrected chi connectivity index (χ2v) is 9.42. The average molecular weight is 462 g/mol. The number of morpholine rings is 1. The number of aromatic nitrogens is 3. The van der Waals surface area contributed by atoms with Crippen LogP contribution < -0.4 is 10.2 Å². The highest BCUT2D eigenvalue weighted by atomic mass is 32.1. The number of carbonyl (C=O) groups excluding carboxylic acids is 1. The highest BCUT2D eigenvalue weighted by molar-refractivity contribution is 7.20. The van der Waals surface area contributed by atoms with E-state index in [0.717, 1.165) is 47.0 Å². The van der Waals surface area contributed by atoms with Gasteiger partial charge in [0.1, 0.15) is 10.6 Å². The molecule has 1 unspecified atom stereocenters. The molecule has 4 aromatic rings. The van der Waals surface area contributed by atoms with Crippen LogP contribution in [-0.4, -0.2) is 46.5 Å². The van der Waals surface area contributed by atoms with Gasteiger partial charge in [-0.3, -0.25) is 9.48 Å². The van der Waals surface area contributed by atoms with Crippen LogP contribution in [0.4, 0.5) is 5.82 Å². The minimum absolute atomic E-state index is 0.0760. The fraction of sp³-hybridized carbons (Fsp3) is 0.320. The van der Waals surface area contributed by atoms with E-state index in [1.165, 1.54) is 16.9 Å². The molecule has 1 aromatic carbocycles. The molecule has 4 heterocycles. The zero-order valence-corrected chi connectivity index (χ0v) is 19.6. The minimum Gasteiger partial charge on any atom is -0.375 e. The van der Waals surface area contributed by atoms with Gasteiger partial charge in [0, 0.05) is 31.2 Å². The number of anilines is 1. The number of nitrogens with one attached hydrogen (secondary N) is 1. The third-order valence-electron chi connectivity index (χ3n) is 5.83. The van der Waals surface area contributed by atoms with Gasteiger partial charge in [0.05, 0.1) is 29.8 Å². The molecule has 1 aliphatic heterocycles. The van der Waals surface area contributed by atoms with Crippen molar-refractivity contribution in [3.05, 3.63) is 76.4 Å². The molecule has 170 valence electrons. The summed E-state index contributed by atoms with van der Waals surface area (Å²) in [5.74, 6) is 0.871.